The highest BCUT2D eigenvalue weighted by molar-refractivity contribution is 5.82. The second kappa shape index (κ2) is 4.57. The number of fused-ring (bicyclic) bond motifs is 1. The van der Waals surface area contributed by atoms with Gasteiger partial charge in [0.2, 0.25) is 0 Å². The van der Waals surface area contributed by atoms with Gasteiger partial charge in [0.05, 0.1) is 6.33 Å². The van der Waals surface area contributed by atoms with Crippen molar-refractivity contribution in [1.82, 2.24) is 19.9 Å². The fraction of sp³-hybridized carbons (Fsp3) is 0.0833. The van der Waals surface area contributed by atoms with Gasteiger partial charge in [0, 0.05) is 6.54 Å². The molecule has 8 heteroatoms. The number of aromatic hydroxyl groups is 3. The van der Waals surface area contributed by atoms with Gasteiger partial charge in [0.15, 0.2) is 23.0 Å². The van der Waals surface area contributed by atoms with Gasteiger partial charge in [-0.2, -0.15) is 9.97 Å². The molecule has 0 saturated carbocycles. The molecule has 0 aliphatic rings. The van der Waals surface area contributed by atoms with Crippen molar-refractivity contribution >= 4 is 17.0 Å². The molecule has 0 aliphatic heterocycles. The van der Waals surface area contributed by atoms with Gasteiger partial charge in [-0.15, -0.1) is 0 Å². The number of nitrogens with zero attached hydrogens (tertiary/aromatic N) is 3. The molecule has 0 fully saturated rings. The maximum atomic E-state index is 9.42. The number of rotatable bonds is 3. The van der Waals surface area contributed by atoms with E-state index >= 15 is 0 Å². The van der Waals surface area contributed by atoms with Crippen LogP contribution in [-0.4, -0.2) is 35.3 Å². The van der Waals surface area contributed by atoms with Gasteiger partial charge in [-0.05, 0) is 17.7 Å². The fourth-order valence-electron chi connectivity index (χ4n) is 1.81. The lowest BCUT2D eigenvalue weighted by molar-refractivity contribution is 0.403. The first kappa shape index (κ1) is 12.0. The van der Waals surface area contributed by atoms with Crippen LogP contribution < -0.4 is 5.32 Å². The largest absolute Gasteiger partial charge is 0.504 e. The Labute approximate surface area is 112 Å². The summed E-state index contributed by atoms with van der Waals surface area (Å²) < 4.78 is 0. The summed E-state index contributed by atoms with van der Waals surface area (Å²) in [5, 5.41) is 31.1. The first-order valence-electron chi connectivity index (χ1n) is 5.78. The highest BCUT2D eigenvalue weighted by Crippen LogP contribution is 2.26. The minimum absolute atomic E-state index is 0.176. The third-order valence-electron chi connectivity index (χ3n) is 2.77. The highest BCUT2D eigenvalue weighted by Gasteiger charge is 2.09. The first-order valence-corrected chi connectivity index (χ1v) is 5.78. The van der Waals surface area contributed by atoms with Crippen molar-refractivity contribution in [3.8, 4) is 17.5 Å². The van der Waals surface area contributed by atoms with Crippen LogP contribution >= 0.6 is 0 Å². The Balaban J connectivity index is 1.86. The number of phenols is 2. The van der Waals surface area contributed by atoms with Crippen LogP contribution in [0.25, 0.3) is 11.2 Å². The summed E-state index contributed by atoms with van der Waals surface area (Å²) in [5.74, 6) is 0.0310. The smallest absolute Gasteiger partial charge is 0.318 e. The quantitative estimate of drug-likeness (QED) is 0.452. The molecule has 0 amide bonds. The number of hydrogen-bond acceptors (Lipinski definition) is 7. The van der Waals surface area contributed by atoms with Crippen LogP contribution in [0.3, 0.4) is 0 Å². The molecule has 2 heterocycles. The highest BCUT2D eigenvalue weighted by atomic mass is 16.3. The molecule has 0 atom stereocenters. The lowest BCUT2D eigenvalue weighted by Crippen LogP contribution is -2.02. The van der Waals surface area contributed by atoms with E-state index in [1.165, 1.54) is 18.5 Å². The number of aromatic amines is 1. The van der Waals surface area contributed by atoms with Gasteiger partial charge in [-0.25, -0.2) is 4.98 Å². The summed E-state index contributed by atoms with van der Waals surface area (Å²) in [6.45, 7) is 0.346. The van der Waals surface area contributed by atoms with Crippen LogP contribution in [0.2, 0.25) is 0 Å². The Morgan fingerprint density at radius 2 is 1.95 bits per heavy atom. The Morgan fingerprint density at radius 1 is 1.10 bits per heavy atom. The third-order valence-corrected chi connectivity index (χ3v) is 2.77. The number of benzene rings is 1. The molecule has 2 aromatic heterocycles. The molecule has 5 N–H and O–H groups in total. The summed E-state index contributed by atoms with van der Waals surface area (Å²) in [5.41, 5.74) is 1.67. The summed E-state index contributed by atoms with van der Waals surface area (Å²) >= 11 is 0. The summed E-state index contributed by atoms with van der Waals surface area (Å²) in [6.07, 6.45) is 1.45. The SMILES string of the molecule is Oc1nc(NCc2ccc(O)c(O)c2)c2[nH]cnc2n1. The molecule has 20 heavy (non-hydrogen) atoms. The molecule has 8 nitrogen and oxygen atoms in total. The lowest BCUT2D eigenvalue weighted by Gasteiger charge is -2.07. The number of H-pyrrole nitrogens is 1. The molecule has 0 saturated heterocycles. The van der Waals surface area contributed by atoms with Gasteiger partial charge >= 0.3 is 6.01 Å². The van der Waals surface area contributed by atoms with E-state index in [0.29, 0.717) is 23.5 Å². The molecule has 1 aromatic carbocycles. The Kier molecular flexibility index (Phi) is 2.75. The summed E-state index contributed by atoms with van der Waals surface area (Å²) in [7, 11) is 0. The molecule has 0 bridgehead atoms. The monoisotopic (exact) mass is 273 g/mol. The van der Waals surface area contributed by atoms with Gasteiger partial charge in [-0.3, -0.25) is 0 Å². The van der Waals surface area contributed by atoms with Crippen LogP contribution in [-0.2, 0) is 6.54 Å². The van der Waals surface area contributed by atoms with Crippen molar-refractivity contribution in [1.29, 1.82) is 0 Å². The number of hydrogen-bond donors (Lipinski definition) is 5. The van der Waals surface area contributed by atoms with Crippen LogP contribution in [0.4, 0.5) is 5.82 Å². The van der Waals surface area contributed by atoms with Gasteiger partial charge in [-0.1, -0.05) is 6.07 Å². The third kappa shape index (κ3) is 2.14. The molecule has 3 aromatic rings. The van der Waals surface area contributed by atoms with Gasteiger partial charge < -0.3 is 25.6 Å². The zero-order valence-electron chi connectivity index (χ0n) is 10.2. The van der Waals surface area contributed by atoms with Crippen molar-refractivity contribution in [2.75, 3.05) is 5.32 Å². The fourth-order valence-corrected chi connectivity index (χ4v) is 1.81. The van der Waals surface area contributed by atoms with Crippen molar-refractivity contribution in [2.24, 2.45) is 0 Å². The first-order chi connectivity index (χ1) is 9.63. The molecular weight excluding hydrogens is 262 g/mol. The van der Waals surface area contributed by atoms with E-state index in [1.807, 2.05) is 0 Å². The topological polar surface area (TPSA) is 127 Å². The molecular formula is C12H11N5O3. The van der Waals surface area contributed by atoms with E-state index in [-0.39, 0.29) is 17.5 Å². The average molecular weight is 273 g/mol. The van der Waals surface area contributed by atoms with Crippen LogP contribution in [0, 0.1) is 0 Å². The lowest BCUT2D eigenvalue weighted by atomic mass is 10.2. The zero-order valence-corrected chi connectivity index (χ0v) is 10.2. The Morgan fingerprint density at radius 3 is 2.75 bits per heavy atom. The van der Waals surface area contributed by atoms with Crippen LogP contribution in [0.1, 0.15) is 5.56 Å². The van der Waals surface area contributed by atoms with Crippen molar-refractivity contribution in [3.05, 3.63) is 30.1 Å². The number of aromatic nitrogens is 4. The van der Waals surface area contributed by atoms with Crippen molar-refractivity contribution in [2.45, 2.75) is 6.54 Å². The molecule has 0 radical (unpaired) electrons. The summed E-state index contributed by atoms with van der Waals surface area (Å²) in [6, 6.07) is 4.12. The number of nitrogens with one attached hydrogen (secondary N) is 2. The Hall–Kier alpha value is -3.03. The predicted octanol–water partition coefficient (Wildman–Crippen LogP) is 1.08. The standard InChI is InChI=1S/C12H11N5O3/c18-7-2-1-6(3-8(7)19)4-13-10-9-11(15-5-14-9)17-12(20)16-10/h1-3,5,18-19H,4H2,(H3,13,14,15,16,17,20). The molecule has 0 spiro atoms. The predicted molar refractivity (Wildman–Crippen MR) is 70.4 cm³/mol. The number of anilines is 1. The summed E-state index contributed by atoms with van der Waals surface area (Å²) in [4.78, 5) is 14.5. The molecule has 0 aliphatic carbocycles. The minimum Gasteiger partial charge on any atom is -0.504 e. The molecule has 0 unspecified atom stereocenters. The second-order valence-electron chi connectivity index (χ2n) is 4.15. The van der Waals surface area contributed by atoms with E-state index in [1.54, 1.807) is 6.07 Å². The van der Waals surface area contributed by atoms with E-state index in [0.717, 1.165) is 5.56 Å². The maximum Gasteiger partial charge on any atom is 0.318 e. The van der Waals surface area contributed by atoms with Crippen molar-refractivity contribution < 1.29 is 15.3 Å². The van der Waals surface area contributed by atoms with Gasteiger partial charge in [0.1, 0.15) is 5.52 Å². The van der Waals surface area contributed by atoms with Gasteiger partial charge in [0.25, 0.3) is 0 Å². The minimum atomic E-state index is -0.374. The second-order valence-corrected chi connectivity index (χ2v) is 4.15. The van der Waals surface area contributed by atoms with Crippen molar-refractivity contribution in [3.63, 3.8) is 0 Å². The van der Waals surface area contributed by atoms with E-state index < -0.39 is 0 Å². The van der Waals surface area contributed by atoms with E-state index in [4.69, 9.17) is 0 Å². The molecule has 102 valence electrons. The Bertz CT molecular complexity index is 771. The van der Waals surface area contributed by atoms with E-state index in [9.17, 15) is 15.3 Å². The maximum absolute atomic E-state index is 9.42. The normalized spacial score (nSPS) is 10.8. The average Bonchev–Trinajstić information content (AvgIpc) is 2.88. The number of phenolic OH excluding ortho intramolecular Hbond substituents is 2. The molecule has 3 rings (SSSR count). The number of imidazole rings is 1. The zero-order chi connectivity index (χ0) is 14.1. The van der Waals surface area contributed by atoms with E-state index in [2.05, 4.69) is 25.3 Å². The van der Waals surface area contributed by atoms with Crippen LogP contribution in [0.5, 0.6) is 17.5 Å². The van der Waals surface area contributed by atoms with Crippen LogP contribution in [0.15, 0.2) is 24.5 Å².